The van der Waals surface area contributed by atoms with Crippen molar-refractivity contribution in [2.45, 2.75) is 45.1 Å². The molecular weight excluding hydrogens is 240 g/mol. The van der Waals surface area contributed by atoms with E-state index in [0.717, 1.165) is 51.4 Å². The SMILES string of the molecule is COC1(C(=O)N2CCC(CC(C)C)C2)CCNCC1. The Kier molecular flexibility index (Phi) is 4.85. The Morgan fingerprint density at radius 2 is 2.11 bits per heavy atom. The highest BCUT2D eigenvalue weighted by Gasteiger charge is 2.43. The van der Waals surface area contributed by atoms with Gasteiger partial charge in [0.1, 0.15) is 5.60 Å². The van der Waals surface area contributed by atoms with Crippen LogP contribution >= 0.6 is 0 Å². The summed E-state index contributed by atoms with van der Waals surface area (Å²) < 4.78 is 5.64. The summed E-state index contributed by atoms with van der Waals surface area (Å²) >= 11 is 0. The highest BCUT2D eigenvalue weighted by Crippen LogP contribution is 2.30. The minimum absolute atomic E-state index is 0.225. The van der Waals surface area contributed by atoms with Gasteiger partial charge >= 0.3 is 0 Å². The predicted molar refractivity (Wildman–Crippen MR) is 76.0 cm³/mol. The molecular formula is C15H28N2O2. The van der Waals surface area contributed by atoms with Gasteiger partial charge in [0.2, 0.25) is 0 Å². The van der Waals surface area contributed by atoms with Crippen molar-refractivity contribution >= 4 is 5.91 Å². The van der Waals surface area contributed by atoms with Crippen molar-refractivity contribution in [2.24, 2.45) is 11.8 Å². The average molecular weight is 268 g/mol. The molecule has 0 radical (unpaired) electrons. The van der Waals surface area contributed by atoms with E-state index >= 15 is 0 Å². The molecule has 2 aliphatic rings. The molecule has 4 nitrogen and oxygen atoms in total. The first kappa shape index (κ1) is 14.8. The van der Waals surface area contributed by atoms with Gasteiger partial charge in [-0.05, 0) is 50.6 Å². The third-order valence-corrected chi connectivity index (χ3v) is 4.57. The summed E-state index contributed by atoms with van der Waals surface area (Å²) in [6.45, 7) is 8.11. The number of nitrogens with zero attached hydrogens (tertiary/aromatic N) is 1. The van der Waals surface area contributed by atoms with E-state index in [1.807, 2.05) is 4.90 Å². The number of hydrogen-bond donors (Lipinski definition) is 1. The van der Waals surface area contributed by atoms with E-state index < -0.39 is 5.60 Å². The number of piperidine rings is 1. The lowest BCUT2D eigenvalue weighted by Crippen LogP contribution is -2.54. The standard InChI is InChI=1S/C15H28N2O2/c1-12(2)10-13-4-9-17(11-13)14(18)15(19-3)5-7-16-8-6-15/h12-13,16H,4-11H2,1-3H3. The van der Waals surface area contributed by atoms with Gasteiger partial charge in [-0.15, -0.1) is 0 Å². The Labute approximate surface area is 116 Å². The Hall–Kier alpha value is -0.610. The van der Waals surface area contributed by atoms with Crippen LogP contribution in [0.15, 0.2) is 0 Å². The number of nitrogens with one attached hydrogen (secondary N) is 1. The highest BCUT2D eigenvalue weighted by atomic mass is 16.5. The van der Waals surface area contributed by atoms with Crippen LogP contribution in [-0.2, 0) is 9.53 Å². The van der Waals surface area contributed by atoms with Gasteiger partial charge < -0.3 is 15.0 Å². The minimum atomic E-state index is -0.558. The van der Waals surface area contributed by atoms with Crippen LogP contribution < -0.4 is 5.32 Å². The molecule has 2 fully saturated rings. The van der Waals surface area contributed by atoms with E-state index in [0.29, 0.717) is 5.92 Å². The van der Waals surface area contributed by atoms with E-state index in [-0.39, 0.29) is 5.91 Å². The lowest BCUT2D eigenvalue weighted by Gasteiger charge is -2.37. The fraction of sp³-hybridized carbons (Fsp3) is 0.933. The van der Waals surface area contributed by atoms with Crippen molar-refractivity contribution in [3.05, 3.63) is 0 Å². The number of ether oxygens (including phenoxy) is 1. The monoisotopic (exact) mass is 268 g/mol. The maximum absolute atomic E-state index is 12.8. The Morgan fingerprint density at radius 1 is 1.42 bits per heavy atom. The molecule has 0 aromatic rings. The van der Waals surface area contributed by atoms with Gasteiger partial charge in [-0.25, -0.2) is 0 Å². The number of methoxy groups -OCH3 is 1. The van der Waals surface area contributed by atoms with Crippen LogP contribution in [0.2, 0.25) is 0 Å². The van der Waals surface area contributed by atoms with Crippen molar-refractivity contribution < 1.29 is 9.53 Å². The number of hydrogen-bond acceptors (Lipinski definition) is 3. The van der Waals surface area contributed by atoms with E-state index in [1.165, 1.54) is 6.42 Å². The second-order valence-corrected chi connectivity index (χ2v) is 6.48. The molecule has 0 bridgehead atoms. The molecule has 2 saturated heterocycles. The molecule has 110 valence electrons. The molecule has 1 N–H and O–H groups in total. The first-order valence-electron chi connectivity index (χ1n) is 7.62. The van der Waals surface area contributed by atoms with E-state index in [9.17, 15) is 4.79 Å². The maximum atomic E-state index is 12.8. The van der Waals surface area contributed by atoms with Crippen LogP contribution in [0, 0.1) is 11.8 Å². The van der Waals surface area contributed by atoms with Gasteiger partial charge in [-0.2, -0.15) is 0 Å². The van der Waals surface area contributed by atoms with Crippen molar-refractivity contribution in [2.75, 3.05) is 33.3 Å². The molecule has 0 aliphatic carbocycles. The molecule has 2 aliphatic heterocycles. The summed E-state index contributed by atoms with van der Waals surface area (Å²) in [6.07, 6.45) is 3.98. The molecule has 1 unspecified atom stereocenters. The molecule has 1 amide bonds. The quantitative estimate of drug-likeness (QED) is 0.843. The molecule has 19 heavy (non-hydrogen) atoms. The fourth-order valence-electron chi connectivity index (χ4n) is 3.50. The summed E-state index contributed by atoms with van der Waals surface area (Å²) in [7, 11) is 1.69. The van der Waals surface area contributed by atoms with Crippen molar-refractivity contribution in [1.29, 1.82) is 0 Å². The topological polar surface area (TPSA) is 41.6 Å². The molecule has 0 aromatic heterocycles. The van der Waals surface area contributed by atoms with E-state index in [1.54, 1.807) is 7.11 Å². The molecule has 0 saturated carbocycles. The maximum Gasteiger partial charge on any atom is 0.254 e. The fourth-order valence-corrected chi connectivity index (χ4v) is 3.50. The summed E-state index contributed by atoms with van der Waals surface area (Å²) in [5, 5.41) is 3.30. The predicted octanol–water partition coefficient (Wildman–Crippen LogP) is 1.65. The number of carbonyl (C=O) groups is 1. The zero-order valence-corrected chi connectivity index (χ0v) is 12.6. The number of rotatable bonds is 4. The number of amides is 1. The lowest BCUT2D eigenvalue weighted by atomic mass is 9.90. The van der Waals surface area contributed by atoms with Crippen LogP contribution in [-0.4, -0.2) is 49.7 Å². The molecule has 4 heteroatoms. The van der Waals surface area contributed by atoms with Crippen LogP contribution in [0.25, 0.3) is 0 Å². The lowest BCUT2D eigenvalue weighted by molar-refractivity contribution is -0.157. The van der Waals surface area contributed by atoms with Crippen LogP contribution in [0.1, 0.15) is 39.5 Å². The molecule has 0 spiro atoms. The van der Waals surface area contributed by atoms with Crippen molar-refractivity contribution in [3.8, 4) is 0 Å². The number of likely N-dealkylation sites (tertiary alicyclic amines) is 1. The van der Waals surface area contributed by atoms with Crippen molar-refractivity contribution in [3.63, 3.8) is 0 Å². The zero-order valence-electron chi connectivity index (χ0n) is 12.6. The second-order valence-electron chi connectivity index (χ2n) is 6.48. The highest BCUT2D eigenvalue weighted by molar-refractivity contribution is 5.85. The number of carbonyl (C=O) groups excluding carboxylic acids is 1. The first-order valence-corrected chi connectivity index (χ1v) is 7.62. The van der Waals surface area contributed by atoms with E-state index in [2.05, 4.69) is 19.2 Å². The van der Waals surface area contributed by atoms with Crippen LogP contribution in [0.5, 0.6) is 0 Å². The average Bonchev–Trinajstić information content (AvgIpc) is 2.86. The van der Waals surface area contributed by atoms with Gasteiger partial charge in [-0.1, -0.05) is 13.8 Å². The van der Waals surface area contributed by atoms with Gasteiger partial charge in [0.25, 0.3) is 5.91 Å². The summed E-state index contributed by atoms with van der Waals surface area (Å²) in [6, 6.07) is 0. The summed E-state index contributed by atoms with van der Waals surface area (Å²) in [5.41, 5.74) is -0.558. The summed E-state index contributed by atoms with van der Waals surface area (Å²) in [5.74, 6) is 1.62. The molecule has 2 rings (SSSR count). The van der Waals surface area contributed by atoms with Crippen LogP contribution in [0.3, 0.4) is 0 Å². The minimum Gasteiger partial charge on any atom is -0.368 e. The second kappa shape index (κ2) is 6.23. The molecule has 2 heterocycles. The van der Waals surface area contributed by atoms with Gasteiger partial charge in [-0.3, -0.25) is 4.79 Å². The van der Waals surface area contributed by atoms with E-state index in [4.69, 9.17) is 4.74 Å². The molecule has 0 aromatic carbocycles. The van der Waals surface area contributed by atoms with Crippen molar-refractivity contribution in [1.82, 2.24) is 10.2 Å². The Bertz CT molecular complexity index is 311. The third kappa shape index (κ3) is 3.29. The Balaban J connectivity index is 1.95. The largest absolute Gasteiger partial charge is 0.368 e. The van der Waals surface area contributed by atoms with Gasteiger partial charge in [0.05, 0.1) is 0 Å². The first-order chi connectivity index (χ1) is 9.07. The van der Waals surface area contributed by atoms with Gasteiger partial charge in [0.15, 0.2) is 0 Å². The van der Waals surface area contributed by atoms with Crippen LogP contribution in [0.4, 0.5) is 0 Å². The van der Waals surface area contributed by atoms with Gasteiger partial charge in [0, 0.05) is 20.2 Å². The zero-order chi connectivity index (χ0) is 13.9. The molecule has 1 atom stereocenters. The normalized spacial score (nSPS) is 26.9. The smallest absolute Gasteiger partial charge is 0.254 e. The third-order valence-electron chi connectivity index (χ3n) is 4.57. The summed E-state index contributed by atoms with van der Waals surface area (Å²) in [4.78, 5) is 14.8. The Morgan fingerprint density at radius 3 is 2.68 bits per heavy atom.